The molecule has 1 aromatic heterocycles. The summed E-state index contributed by atoms with van der Waals surface area (Å²) in [4.78, 5) is 38.1. The van der Waals surface area contributed by atoms with Crippen molar-refractivity contribution in [2.45, 2.75) is 64.6 Å². The number of hydrogen-bond acceptors (Lipinski definition) is 16. The van der Waals surface area contributed by atoms with Crippen molar-refractivity contribution >= 4 is 37.6 Å². The molecule has 204 valence electrons. The van der Waals surface area contributed by atoms with Crippen molar-refractivity contribution in [3.05, 3.63) is 10.8 Å². The van der Waals surface area contributed by atoms with Gasteiger partial charge in [-0.25, -0.2) is 28.2 Å². The van der Waals surface area contributed by atoms with Gasteiger partial charge in [0.15, 0.2) is 0 Å². The van der Waals surface area contributed by atoms with Crippen LogP contribution >= 0.6 is 19.4 Å². The molecule has 2 heterocycles. The van der Waals surface area contributed by atoms with E-state index < -0.39 is 76.8 Å². The third-order valence-electron chi connectivity index (χ3n) is 3.96. The van der Waals surface area contributed by atoms with Crippen LogP contribution in [0.2, 0.25) is 0 Å². The molecule has 2 rings (SSSR count). The fraction of sp³-hybridized carbons (Fsp3) is 0.722. The minimum atomic E-state index is -4.49. The van der Waals surface area contributed by atoms with Crippen molar-refractivity contribution in [1.29, 1.82) is 0 Å². The number of hydrogen-bond donors (Lipinski definition) is 2. The Kier molecular flexibility index (Phi) is 11.4. The molecule has 36 heavy (non-hydrogen) atoms. The average molecular weight is 557 g/mol. The topological polar surface area (TPSA) is 214 Å². The third-order valence-corrected chi connectivity index (χ3v) is 6.04. The highest BCUT2D eigenvalue weighted by atomic mass is 32.1. The van der Waals surface area contributed by atoms with Gasteiger partial charge in [0.05, 0.1) is 31.0 Å². The summed E-state index contributed by atoms with van der Waals surface area (Å²) in [5.41, 5.74) is 5.13. The molecule has 1 fully saturated rings. The quantitative estimate of drug-likeness (QED) is 0.201. The number of primary amides is 1. The summed E-state index contributed by atoms with van der Waals surface area (Å²) in [7, 11) is -4.49. The Morgan fingerprint density at radius 2 is 1.64 bits per heavy atom. The zero-order chi connectivity index (χ0) is 26.9. The molecular formula is C18H28N3O13PS. The van der Waals surface area contributed by atoms with E-state index in [-0.39, 0.29) is 17.3 Å². The molecule has 0 radical (unpaired) electrons. The normalized spacial score (nSPS) is 19.9. The summed E-state index contributed by atoms with van der Waals surface area (Å²) in [6.45, 7) is 4.19. The molecule has 16 nitrogen and oxygen atoms in total. The first kappa shape index (κ1) is 29.8. The van der Waals surface area contributed by atoms with Gasteiger partial charge in [-0.3, -0.25) is 9.32 Å². The van der Waals surface area contributed by atoms with E-state index in [4.69, 9.17) is 33.5 Å². The van der Waals surface area contributed by atoms with Crippen LogP contribution in [-0.2, 0) is 41.8 Å². The Morgan fingerprint density at radius 3 is 2.11 bits per heavy atom. The van der Waals surface area contributed by atoms with Crippen molar-refractivity contribution < 1.29 is 61.3 Å². The van der Waals surface area contributed by atoms with E-state index in [0.29, 0.717) is 0 Å². The van der Waals surface area contributed by atoms with Crippen LogP contribution < -0.4 is 5.73 Å². The molecule has 0 bridgehead atoms. The molecule has 0 aromatic carbocycles. The van der Waals surface area contributed by atoms with Crippen LogP contribution in [-0.4, -0.2) is 77.3 Å². The number of aliphatic hydroxyl groups is 1. The minimum absolute atomic E-state index is 0.0323. The van der Waals surface area contributed by atoms with E-state index in [1.54, 1.807) is 27.7 Å². The number of aromatic nitrogens is 2. The van der Waals surface area contributed by atoms with Gasteiger partial charge in [-0.05, 0) is 39.2 Å². The standard InChI is InChI=1S/C18H28N3O13PS/c1-9(2)32-17(24)27-7-30-35(26,31-8-28-18(25)33-10(3)4)29-6-11-5-12(22)13(34-11)16-20-15(14(19)23)21-36-16/h9-13,22H,5-8H2,1-4H3,(H2,19,23)/t11-,12+,13+/m0/s1. The molecule has 1 aliphatic rings. The fourth-order valence-electron chi connectivity index (χ4n) is 2.54. The lowest BCUT2D eigenvalue weighted by molar-refractivity contribution is -0.0547. The first-order valence-corrected chi connectivity index (χ1v) is 12.8. The fourth-order valence-corrected chi connectivity index (χ4v) is 4.24. The van der Waals surface area contributed by atoms with Crippen molar-refractivity contribution in [3.63, 3.8) is 0 Å². The second-order valence-corrected chi connectivity index (χ2v) is 10.1. The number of amides is 1. The van der Waals surface area contributed by atoms with E-state index in [1.807, 2.05) is 0 Å². The minimum Gasteiger partial charge on any atom is -0.432 e. The van der Waals surface area contributed by atoms with Crippen LogP contribution in [0.5, 0.6) is 0 Å². The first-order valence-electron chi connectivity index (χ1n) is 10.6. The number of nitrogens with zero attached hydrogens (tertiary/aromatic N) is 2. The molecule has 0 unspecified atom stereocenters. The van der Waals surface area contributed by atoms with Gasteiger partial charge in [-0.2, -0.15) is 4.37 Å². The highest BCUT2D eigenvalue weighted by Gasteiger charge is 2.40. The lowest BCUT2D eigenvalue weighted by Gasteiger charge is -2.20. The van der Waals surface area contributed by atoms with E-state index in [1.165, 1.54) is 0 Å². The van der Waals surface area contributed by atoms with Crippen LogP contribution in [0.3, 0.4) is 0 Å². The van der Waals surface area contributed by atoms with Crippen LogP contribution in [0.15, 0.2) is 0 Å². The van der Waals surface area contributed by atoms with Gasteiger partial charge in [0, 0.05) is 6.42 Å². The predicted octanol–water partition coefficient (Wildman–Crippen LogP) is 2.02. The highest BCUT2D eigenvalue weighted by Crippen LogP contribution is 2.50. The summed E-state index contributed by atoms with van der Waals surface area (Å²) in [6, 6.07) is 0. The van der Waals surface area contributed by atoms with E-state index in [9.17, 15) is 24.1 Å². The number of ether oxygens (including phenoxy) is 5. The van der Waals surface area contributed by atoms with E-state index in [2.05, 4.69) is 18.8 Å². The van der Waals surface area contributed by atoms with Gasteiger partial charge in [-0.1, -0.05) is 0 Å². The summed E-state index contributed by atoms with van der Waals surface area (Å²) in [5.74, 6) is -1.05. The smallest absolute Gasteiger partial charge is 0.432 e. The molecule has 18 heteroatoms. The molecule has 0 spiro atoms. The first-order chi connectivity index (χ1) is 16.9. The summed E-state index contributed by atoms with van der Waals surface area (Å²) < 4.78 is 56.3. The van der Waals surface area contributed by atoms with Gasteiger partial charge in [0.25, 0.3) is 5.91 Å². The average Bonchev–Trinajstić information content (AvgIpc) is 3.38. The van der Waals surface area contributed by atoms with Crippen LogP contribution in [0.4, 0.5) is 9.59 Å². The van der Waals surface area contributed by atoms with Gasteiger partial charge in [0.2, 0.25) is 19.4 Å². The molecule has 0 saturated carbocycles. The van der Waals surface area contributed by atoms with Gasteiger partial charge in [0.1, 0.15) is 11.1 Å². The SMILES string of the molecule is CC(C)OC(=O)OCOP(=O)(OCOC(=O)OC(C)C)OC[C@@H]1C[C@@H](O)[C@H](c2nc(C(N)=O)ns2)O1. The molecule has 1 saturated heterocycles. The monoisotopic (exact) mass is 557 g/mol. The number of carbonyl (C=O) groups is 3. The number of phosphoric acid groups is 1. The largest absolute Gasteiger partial charge is 0.510 e. The molecular weight excluding hydrogens is 529 g/mol. The summed E-state index contributed by atoms with van der Waals surface area (Å²) in [5, 5.41) is 10.5. The highest BCUT2D eigenvalue weighted by molar-refractivity contribution is 7.48. The Labute approximate surface area is 210 Å². The summed E-state index contributed by atoms with van der Waals surface area (Å²) in [6.07, 6.45) is -5.89. The lowest BCUT2D eigenvalue weighted by Crippen LogP contribution is -2.19. The van der Waals surface area contributed by atoms with Gasteiger partial charge >= 0.3 is 20.1 Å². The van der Waals surface area contributed by atoms with E-state index >= 15 is 0 Å². The second kappa shape index (κ2) is 13.8. The molecule has 3 N–H and O–H groups in total. The van der Waals surface area contributed by atoms with E-state index in [0.717, 1.165) is 11.5 Å². The van der Waals surface area contributed by atoms with Crippen molar-refractivity contribution in [2.75, 3.05) is 20.2 Å². The third kappa shape index (κ3) is 9.93. The number of rotatable bonds is 13. The Bertz CT molecular complexity index is 911. The zero-order valence-electron chi connectivity index (χ0n) is 19.9. The molecule has 1 aromatic rings. The van der Waals surface area contributed by atoms with Crippen molar-refractivity contribution in [2.24, 2.45) is 5.73 Å². The molecule has 0 aliphatic carbocycles. The van der Waals surface area contributed by atoms with Crippen LogP contribution in [0.25, 0.3) is 0 Å². The van der Waals surface area contributed by atoms with Crippen LogP contribution in [0, 0.1) is 0 Å². The Hall–Kier alpha value is -2.40. The summed E-state index contributed by atoms with van der Waals surface area (Å²) >= 11 is 0.828. The maximum atomic E-state index is 13.0. The number of nitrogens with two attached hydrogens (primary N) is 1. The van der Waals surface area contributed by atoms with Gasteiger partial charge in [-0.15, -0.1) is 0 Å². The molecule has 3 atom stereocenters. The number of aliphatic hydroxyl groups excluding tert-OH is 1. The van der Waals surface area contributed by atoms with Crippen LogP contribution in [0.1, 0.15) is 55.8 Å². The maximum absolute atomic E-state index is 13.0. The second-order valence-electron chi connectivity index (χ2n) is 7.66. The molecule has 1 amide bonds. The number of carbonyl (C=O) groups excluding carboxylic acids is 3. The molecule has 1 aliphatic heterocycles. The lowest BCUT2D eigenvalue weighted by atomic mass is 10.1. The zero-order valence-corrected chi connectivity index (χ0v) is 21.6. The maximum Gasteiger partial charge on any atom is 0.510 e. The van der Waals surface area contributed by atoms with Crippen molar-refractivity contribution in [1.82, 2.24) is 9.36 Å². The Morgan fingerprint density at radius 1 is 1.08 bits per heavy atom. The number of phosphoric ester groups is 1. The van der Waals surface area contributed by atoms with Crippen molar-refractivity contribution in [3.8, 4) is 0 Å². The Balaban J connectivity index is 1.94. The predicted molar refractivity (Wildman–Crippen MR) is 118 cm³/mol. The van der Waals surface area contributed by atoms with Gasteiger partial charge < -0.3 is 34.5 Å².